The van der Waals surface area contributed by atoms with Crippen LogP contribution in [0.15, 0.2) is 12.1 Å². The van der Waals surface area contributed by atoms with E-state index in [0.29, 0.717) is 13.1 Å². The standard InChI is InChI=1S/C15H26N2O2S/c1-15(2,3)19-14(18)17-11-5-4-6-12-7-8-13(20-12)9-10-16/h7-8H,4-6,9-11,16H2,1-3H3,(H,17,18). The first-order valence-corrected chi connectivity index (χ1v) is 7.97. The summed E-state index contributed by atoms with van der Waals surface area (Å²) in [6.45, 7) is 6.96. The molecule has 3 N–H and O–H groups in total. The third-order valence-electron chi connectivity index (χ3n) is 2.63. The summed E-state index contributed by atoms with van der Waals surface area (Å²) in [5, 5.41) is 2.78. The SMILES string of the molecule is CC(C)(C)OC(=O)NCCCCc1ccc(CCN)s1. The van der Waals surface area contributed by atoms with Crippen LogP contribution in [-0.2, 0) is 17.6 Å². The number of rotatable bonds is 7. The quantitative estimate of drug-likeness (QED) is 0.760. The third kappa shape index (κ3) is 7.50. The van der Waals surface area contributed by atoms with E-state index in [1.807, 2.05) is 32.1 Å². The Balaban J connectivity index is 2.11. The first-order chi connectivity index (χ1) is 9.40. The molecule has 1 aromatic heterocycles. The van der Waals surface area contributed by atoms with Crippen molar-refractivity contribution < 1.29 is 9.53 Å². The van der Waals surface area contributed by atoms with Crippen molar-refractivity contribution in [2.24, 2.45) is 5.73 Å². The van der Waals surface area contributed by atoms with Crippen molar-refractivity contribution in [3.05, 3.63) is 21.9 Å². The average Bonchev–Trinajstić information content (AvgIpc) is 2.74. The zero-order valence-electron chi connectivity index (χ0n) is 12.7. The van der Waals surface area contributed by atoms with E-state index in [0.717, 1.165) is 25.7 Å². The molecule has 1 rings (SSSR count). The maximum atomic E-state index is 11.4. The van der Waals surface area contributed by atoms with Crippen molar-refractivity contribution in [3.63, 3.8) is 0 Å². The highest BCUT2D eigenvalue weighted by Crippen LogP contribution is 2.18. The minimum atomic E-state index is -0.430. The normalized spacial score (nSPS) is 11.4. The molecular weight excluding hydrogens is 272 g/mol. The molecule has 1 amide bonds. The highest BCUT2D eigenvalue weighted by molar-refractivity contribution is 7.11. The lowest BCUT2D eigenvalue weighted by atomic mass is 10.2. The molecule has 0 saturated carbocycles. The second-order valence-electron chi connectivity index (χ2n) is 5.79. The van der Waals surface area contributed by atoms with Gasteiger partial charge in [-0.15, -0.1) is 11.3 Å². The first kappa shape index (κ1) is 17.0. The van der Waals surface area contributed by atoms with Gasteiger partial charge in [-0.3, -0.25) is 0 Å². The number of nitrogens with two attached hydrogens (primary N) is 1. The fraction of sp³-hybridized carbons (Fsp3) is 0.667. The zero-order valence-corrected chi connectivity index (χ0v) is 13.5. The Bertz CT molecular complexity index is 410. The van der Waals surface area contributed by atoms with Crippen molar-refractivity contribution in [2.45, 2.75) is 52.1 Å². The van der Waals surface area contributed by atoms with Crippen molar-refractivity contribution in [3.8, 4) is 0 Å². The molecule has 0 aromatic carbocycles. The smallest absolute Gasteiger partial charge is 0.407 e. The lowest BCUT2D eigenvalue weighted by Crippen LogP contribution is -2.33. The van der Waals surface area contributed by atoms with Gasteiger partial charge >= 0.3 is 6.09 Å². The maximum absolute atomic E-state index is 11.4. The van der Waals surface area contributed by atoms with Gasteiger partial charge in [-0.1, -0.05) is 0 Å². The fourth-order valence-corrected chi connectivity index (χ4v) is 2.84. The molecule has 0 atom stereocenters. The Labute approximate surface area is 125 Å². The van der Waals surface area contributed by atoms with Gasteiger partial charge in [0.15, 0.2) is 0 Å². The van der Waals surface area contributed by atoms with Crippen LogP contribution in [0.1, 0.15) is 43.4 Å². The van der Waals surface area contributed by atoms with Crippen molar-refractivity contribution in [2.75, 3.05) is 13.1 Å². The molecule has 0 bridgehead atoms. The molecular formula is C15H26N2O2S. The van der Waals surface area contributed by atoms with E-state index in [-0.39, 0.29) is 6.09 Å². The summed E-state index contributed by atoms with van der Waals surface area (Å²) in [4.78, 5) is 14.2. The van der Waals surface area contributed by atoms with Gasteiger partial charge in [0.25, 0.3) is 0 Å². The minimum absolute atomic E-state index is 0.334. The highest BCUT2D eigenvalue weighted by Gasteiger charge is 2.15. The molecule has 0 fully saturated rings. The van der Waals surface area contributed by atoms with Gasteiger partial charge in [0.1, 0.15) is 5.60 Å². The molecule has 4 nitrogen and oxygen atoms in total. The first-order valence-electron chi connectivity index (χ1n) is 7.15. The summed E-state index contributed by atoms with van der Waals surface area (Å²) in [5.74, 6) is 0. The molecule has 1 aromatic rings. The van der Waals surface area contributed by atoms with E-state index < -0.39 is 5.60 Å². The van der Waals surface area contributed by atoms with Gasteiger partial charge in [-0.2, -0.15) is 0 Å². The Hall–Kier alpha value is -1.07. The van der Waals surface area contributed by atoms with Crippen LogP contribution in [0.3, 0.4) is 0 Å². The monoisotopic (exact) mass is 298 g/mol. The summed E-state index contributed by atoms with van der Waals surface area (Å²) >= 11 is 1.84. The number of carbonyl (C=O) groups is 1. The number of ether oxygens (including phenoxy) is 1. The van der Waals surface area contributed by atoms with Crippen LogP contribution in [0.4, 0.5) is 4.79 Å². The molecule has 1 heterocycles. The number of alkyl carbamates (subject to hydrolysis) is 1. The van der Waals surface area contributed by atoms with Gasteiger partial charge in [-0.05, 0) is 65.1 Å². The Morgan fingerprint density at radius 2 is 1.90 bits per heavy atom. The molecule has 0 aliphatic carbocycles. The summed E-state index contributed by atoms with van der Waals surface area (Å²) in [7, 11) is 0. The Kier molecular flexibility index (Phi) is 7.02. The largest absolute Gasteiger partial charge is 0.444 e. The molecule has 114 valence electrons. The van der Waals surface area contributed by atoms with E-state index in [2.05, 4.69) is 17.4 Å². The lowest BCUT2D eigenvalue weighted by Gasteiger charge is -2.19. The van der Waals surface area contributed by atoms with E-state index in [9.17, 15) is 4.79 Å². The molecule has 0 aliphatic heterocycles. The number of nitrogens with one attached hydrogen (secondary N) is 1. The third-order valence-corrected chi connectivity index (χ3v) is 3.83. The number of aryl methyl sites for hydroxylation is 1. The van der Waals surface area contributed by atoms with E-state index in [1.165, 1.54) is 9.75 Å². The van der Waals surface area contributed by atoms with Crippen LogP contribution in [0.25, 0.3) is 0 Å². The number of hydrogen-bond donors (Lipinski definition) is 2. The second-order valence-corrected chi connectivity index (χ2v) is 7.05. The van der Waals surface area contributed by atoms with Crippen LogP contribution in [0, 0.1) is 0 Å². The minimum Gasteiger partial charge on any atom is -0.444 e. The summed E-state index contributed by atoms with van der Waals surface area (Å²) in [6, 6.07) is 4.34. The van der Waals surface area contributed by atoms with Crippen LogP contribution >= 0.6 is 11.3 Å². The Morgan fingerprint density at radius 1 is 1.25 bits per heavy atom. The van der Waals surface area contributed by atoms with Crippen molar-refractivity contribution in [1.29, 1.82) is 0 Å². The highest BCUT2D eigenvalue weighted by atomic mass is 32.1. The molecule has 0 aliphatic rings. The second kappa shape index (κ2) is 8.27. The topological polar surface area (TPSA) is 64.3 Å². The van der Waals surface area contributed by atoms with Gasteiger partial charge in [-0.25, -0.2) is 4.79 Å². The van der Waals surface area contributed by atoms with Crippen molar-refractivity contribution in [1.82, 2.24) is 5.32 Å². The molecule has 20 heavy (non-hydrogen) atoms. The van der Waals surface area contributed by atoms with E-state index in [1.54, 1.807) is 0 Å². The van der Waals surface area contributed by atoms with Crippen LogP contribution < -0.4 is 11.1 Å². The van der Waals surface area contributed by atoms with E-state index in [4.69, 9.17) is 10.5 Å². The van der Waals surface area contributed by atoms with Crippen molar-refractivity contribution >= 4 is 17.4 Å². The van der Waals surface area contributed by atoms with Crippen LogP contribution in [0.5, 0.6) is 0 Å². The fourth-order valence-electron chi connectivity index (χ4n) is 1.76. The molecule has 0 radical (unpaired) electrons. The molecule has 0 saturated heterocycles. The number of carbonyl (C=O) groups excluding carboxylic acids is 1. The molecule has 0 unspecified atom stereocenters. The number of amides is 1. The predicted molar refractivity (Wildman–Crippen MR) is 84.3 cm³/mol. The number of thiophene rings is 1. The lowest BCUT2D eigenvalue weighted by molar-refractivity contribution is 0.0527. The van der Waals surface area contributed by atoms with Gasteiger partial charge < -0.3 is 15.8 Å². The summed E-state index contributed by atoms with van der Waals surface area (Å²) in [5.41, 5.74) is 5.11. The average molecular weight is 298 g/mol. The Morgan fingerprint density at radius 3 is 2.50 bits per heavy atom. The molecule has 0 spiro atoms. The number of hydrogen-bond acceptors (Lipinski definition) is 4. The summed E-state index contributed by atoms with van der Waals surface area (Å²) in [6.07, 6.45) is 3.72. The van der Waals surface area contributed by atoms with E-state index >= 15 is 0 Å². The van der Waals surface area contributed by atoms with Gasteiger partial charge in [0.2, 0.25) is 0 Å². The zero-order chi connectivity index (χ0) is 15.0. The molecule has 5 heteroatoms. The van der Waals surface area contributed by atoms with Crippen LogP contribution in [-0.4, -0.2) is 24.8 Å². The number of unbranched alkanes of at least 4 members (excludes halogenated alkanes) is 1. The summed E-state index contributed by atoms with van der Waals surface area (Å²) < 4.78 is 5.17. The maximum Gasteiger partial charge on any atom is 0.407 e. The van der Waals surface area contributed by atoms with Crippen LogP contribution in [0.2, 0.25) is 0 Å². The van der Waals surface area contributed by atoms with Gasteiger partial charge in [0, 0.05) is 16.3 Å². The predicted octanol–water partition coefficient (Wildman–Crippen LogP) is 3.10. The van der Waals surface area contributed by atoms with Gasteiger partial charge in [0.05, 0.1) is 0 Å².